The molecule has 0 radical (unpaired) electrons. The van der Waals surface area contributed by atoms with E-state index in [1.165, 1.54) is 12.1 Å². The van der Waals surface area contributed by atoms with Gasteiger partial charge < -0.3 is 5.32 Å². The fraction of sp³-hybridized carbons (Fsp3) is 0.350. The Morgan fingerprint density at radius 3 is 2.11 bits per heavy atom. The molecular weight excluding hydrogens is 384 g/mol. The summed E-state index contributed by atoms with van der Waals surface area (Å²) in [7, 11) is -3.52. The number of amides is 1. The zero-order valence-electron chi connectivity index (χ0n) is 15.4. The number of hydrogen-bond acceptors (Lipinski definition) is 3. The number of nitrogens with one attached hydrogen (secondary N) is 1. The van der Waals surface area contributed by atoms with Crippen molar-refractivity contribution >= 4 is 33.2 Å². The molecule has 0 saturated carbocycles. The van der Waals surface area contributed by atoms with Gasteiger partial charge in [0.25, 0.3) is 5.91 Å². The van der Waals surface area contributed by atoms with Crippen molar-refractivity contribution in [3.8, 4) is 0 Å². The van der Waals surface area contributed by atoms with Crippen LogP contribution in [0.2, 0.25) is 5.02 Å². The predicted molar refractivity (Wildman–Crippen MR) is 108 cm³/mol. The summed E-state index contributed by atoms with van der Waals surface area (Å²) in [6.45, 7) is 5.24. The lowest BCUT2D eigenvalue weighted by atomic mass is 9.94. The lowest BCUT2D eigenvalue weighted by molar-refractivity contribution is 0.102. The molecule has 5 nitrogen and oxygen atoms in total. The van der Waals surface area contributed by atoms with Crippen LogP contribution in [0.15, 0.2) is 53.4 Å². The highest BCUT2D eigenvalue weighted by Crippen LogP contribution is 2.27. The van der Waals surface area contributed by atoms with Crippen molar-refractivity contribution in [1.82, 2.24) is 4.31 Å². The molecule has 27 heavy (non-hydrogen) atoms. The number of hydrogen-bond donors (Lipinski definition) is 1. The van der Waals surface area contributed by atoms with Crippen molar-refractivity contribution < 1.29 is 13.2 Å². The molecule has 1 heterocycles. The number of piperidine rings is 1. The maximum atomic E-state index is 12.9. The second kappa shape index (κ2) is 8.00. The van der Waals surface area contributed by atoms with Gasteiger partial charge in [0, 0.05) is 29.4 Å². The van der Waals surface area contributed by atoms with E-state index >= 15 is 0 Å². The van der Waals surface area contributed by atoms with Crippen molar-refractivity contribution in [3.05, 3.63) is 59.1 Å². The van der Waals surface area contributed by atoms with Gasteiger partial charge in [-0.15, -0.1) is 0 Å². The molecule has 2 atom stereocenters. The van der Waals surface area contributed by atoms with Gasteiger partial charge in [0.05, 0.1) is 4.90 Å². The van der Waals surface area contributed by atoms with E-state index in [4.69, 9.17) is 11.6 Å². The highest BCUT2D eigenvalue weighted by Gasteiger charge is 2.31. The van der Waals surface area contributed by atoms with Gasteiger partial charge in [-0.2, -0.15) is 4.31 Å². The Balaban J connectivity index is 1.72. The maximum Gasteiger partial charge on any atom is 0.255 e. The van der Waals surface area contributed by atoms with Crippen molar-refractivity contribution in [1.29, 1.82) is 0 Å². The fourth-order valence-corrected chi connectivity index (χ4v) is 5.27. The maximum absolute atomic E-state index is 12.9. The summed E-state index contributed by atoms with van der Waals surface area (Å²) in [5, 5.41) is 3.32. The third-order valence-corrected chi connectivity index (χ3v) is 6.79. The number of anilines is 1. The summed E-state index contributed by atoms with van der Waals surface area (Å²) in [5.74, 6) is 0.420. The van der Waals surface area contributed by atoms with Crippen molar-refractivity contribution in [2.45, 2.75) is 25.2 Å². The van der Waals surface area contributed by atoms with Crippen LogP contribution in [0.1, 0.15) is 30.6 Å². The Labute approximate surface area is 165 Å². The summed E-state index contributed by atoms with van der Waals surface area (Å²) in [6, 6.07) is 12.9. The van der Waals surface area contributed by atoms with Crippen LogP contribution in [0.3, 0.4) is 0 Å². The van der Waals surface area contributed by atoms with Gasteiger partial charge in [0.15, 0.2) is 0 Å². The Morgan fingerprint density at radius 1 is 1.00 bits per heavy atom. The lowest BCUT2D eigenvalue weighted by Gasteiger charge is -2.34. The summed E-state index contributed by atoms with van der Waals surface area (Å²) < 4.78 is 27.3. The van der Waals surface area contributed by atoms with Crippen LogP contribution in [-0.4, -0.2) is 31.7 Å². The van der Waals surface area contributed by atoms with Crippen LogP contribution < -0.4 is 5.32 Å². The van der Waals surface area contributed by atoms with E-state index in [9.17, 15) is 13.2 Å². The molecule has 1 N–H and O–H groups in total. The molecule has 0 spiro atoms. The zero-order valence-corrected chi connectivity index (χ0v) is 16.9. The molecule has 144 valence electrons. The molecule has 2 aromatic rings. The highest BCUT2D eigenvalue weighted by atomic mass is 35.5. The van der Waals surface area contributed by atoms with Gasteiger partial charge in [-0.1, -0.05) is 25.4 Å². The first-order valence-corrected chi connectivity index (χ1v) is 10.7. The first kappa shape index (κ1) is 19.9. The molecule has 2 aromatic carbocycles. The van der Waals surface area contributed by atoms with E-state index in [-0.39, 0.29) is 10.8 Å². The number of benzene rings is 2. The average molecular weight is 407 g/mol. The molecule has 0 aromatic heterocycles. The lowest BCUT2D eigenvalue weighted by Crippen LogP contribution is -2.42. The first-order chi connectivity index (χ1) is 12.8. The Morgan fingerprint density at radius 2 is 1.56 bits per heavy atom. The van der Waals surface area contributed by atoms with Crippen LogP contribution in [-0.2, 0) is 10.0 Å². The number of sulfonamides is 1. The fourth-order valence-electron chi connectivity index (χ4n) is 3.47. The summed E-state index contributed by atoms with van der Waals surface area (Å²) >= 11 is 5.83. The van der Waals surface area contributed by atoms with Gasteiger partial charge in [-0.05, 0) is 66.8 Å². The normalized spacial score (nSPS) is 21.0. The van der Waals surface area contributed by atoms with E-state index in [0.29, 0.717) is 41.2 Å². The summed E-state index contributed by atoms with van der Waals surface area (Å²) in [4.78, 5) is 12.5. The van der Waals surface area contributed by atoms with E-state index in [0.717, 1.165) is 6.42 Å². The Bertz CT molecular complexity index is 901. The number of rotatable bonds is 4. The largest absolute Gasteiger partial charge is 0.322 e. The molecule has 0 unspecified atom stereocenters. The molecule has 3 rings (SSSR count). The first-order valence-electron chi connectivity index (χ1n) is 8.93. The van der Waals surface area contributed by atoms with Gasteiger partial charge in [-0.3, -0.25) is 4.79 Å². The van der Waals surface area contributed by atoms with E-state index in [1.54, 1.807) is 40.7 Å². The van der Waals surface area contributed by atoms with Crippen LogP contribution in [0, 0.1) is 11.8 Å². The van der Waals surface area contributed by atoms with Gasteiger partial charge in [0.2, 0.25) is 10.0 Å². The molecule has 0 aliphatic carbocycles. The smallest absolute Gasteiger partial charge is 0.255 e. The molecule has 1 fully saturated rings. The third kappa shape index (κ3) is 4.69. The predicted octanol–water partition coefficient (Wildman–Crippen LogP) is 4.26. The molecular formula is C20H23ClN2O3S. The summed E-state index contributed by atoms with van der Waals surface area (Å²) in [5.41, 5.74) is 1.02. The number of halogens is 1. The average Bonchev–Trinajstić information content (AvgIpc) is 2.62. The van der Waals surface area contributed by atoms with Crippen LogP contribution in [0.5, 0.6) is 0 Å². The number of carbonyl (C=O) groups excluding carboxylic acids is 1. The summed E-state index contributed by atoms with van der Waals surface area (Å²) in [6.07, 6.45) is 1.04. The van der Waals surface area contributed by atoms with Crippen LogP contribution in [0.4, 0.5) is 5.69 Å². The molecule has 1 saturated heterocycles. The minimum atomic E-state index is -3.52. The van der Waals surface area contributed by atoms with Crippen molar-refractivity contribution in [3.63, 3.8) is 0 Å². The minimum absolute atomic E-state index is 0.244. The molecule has 1 amide bonds. The Kier molecular flexibility index (Phi) is 5.89. The zero-order chi connectivity index (χ0) is 19.6. The second-order valence-electron chi connectivity index (χ2n) is 7.25. The van der Waals surface area contributed by atoms with Crippen LogP contribution >= 0.6 is 11.6 Å². The SMILES string of the molecule is C[C@@H]1C[C@@H](C)CN(S(=O)(=O)c2ccc(NC(=O)c3ccc(Cl)cc3)cc2)C1. The van der Waals surface area contributed by atoms with E-state index < -0.39 is 10.0 Å². The highest BCUT2D eigenvalue weighted by molar-refractivity contribution is 7.89. The molecule has 1 aliphatic heterocycles. The Hall–Kier alpha value is -1.89. The standard InChI is InChI=1S/C20H23ClN2O3S/c1-14-11-15(2)13-23(12-14)27(25,26)19-9-7-18(8-10-19)22-20(24)16-3-5-17(21)6-4-16/h3-10,14-15H,11-13H2,1-2H3,(H,22,24)/t14-,15-/m1/s1. The quantitative estimate of drug-likeness (QED) is 0.824. The monoisotopic (exact) mass is 406 g/mol. The van der Waals surface area contributed by atoms with E-state index in [2.05, 4.69) is 19.2 Å². The topological polar surface area (TPSA) is 66.5 Å². The van der Waals surface area contributed by atoms with Crippen molar-refractivity contribution in [2.24, 2.45) is 11.8 Å². The number of nitrogens with zero attached hydrogens (tertiary/aromatic N) is 1. The molecule has 1 aliphatic rings. The van der Waals surface area contributed by atoms with Gasteiger partial charge >= 0.3 is 0 Å². The van der Waals surface area contributed by atoms with Crippen molar-refractivity contribution in [2.75, 3.05) is 18.4 Å². The van der Waals surface area contributed by atoms with Crippen LogP contribution in [0.25, 0.3) is 0 Å². The van der Waals surface area contributed by atoms with Gasteiger partial charge in [0.1, 0.15) is 0 Å². The molecule has 7 heteroatoms. The molecule has 0 bridgehead atoms. The number of carbonyl (C=O) groups is 1. The second-order valence-corrected chi connectivity index (χ2v) is 9.63. The van der Waals surface area contributed by atoms with E-state index in [1.807, 2.05) is 0 Å². The minimum Gasteiger partial charge on any atom is -0.322 e. The van der Waals surface area contributed by atoms with Gasteiger partial charge in [-0.25, -0.2) is 8.42 Å². The third-order valence-electron chi connectivity index (χ3n) is 4.69.